The standard InChI is InChI=1S/C22H29NO4/c1-13(2)22(26)23-19-8-6-16(7-9-19)21(25)14(3)27-20(24)12-18-11-15-4-5-17(18)10-15/h6-9,13-15,17-18H,4-5,10-12H2,1-3H3,(H,23,26). The Morgan fingerprint density at radius 2 is 1.78 bits per heavy atom. The van der Waals surface area contributed by atoms with Crippen LogP contribution < -0.4 is 5.32 Å². The van der Waals surface area contributed by atoms with E-state index in [9.17, 15) is 14.4 Å². The van der Waals surface area contributed by atoms with E-state index in [2.05, 4.69) is 5.32 Å². The van der Waals surface area contributed by atoms with Crippen molar-refractivity contribution in [2.45, 2.75) is 59.0 Å². The Morgan fingerprint density at radius 1 is 1.07 bits per heavy atom. The van der Waals surface area contributed by atoms with Gasteiger partial charge in [0.2, 0.25) is 11.7 Å². The number of carbonyl (C=O) groups is 3. The van der Waals surface area contributed by atoms with E-state index in [-0.39, 0.29) is 23.6 Å². The summed E-state index contributed by atoms with van der Waals surface area (Å²) in [7, 11) is 0. The lowest BCUT2D eigenvalue weighted by atomic mass is 9.86. The zero-order chi connectivity index (χ0) is 19.6. The highest BCUT2D eigenvalue weighted by molar-refractivity contribution is 6.01. The highest BCUT2D eigenvalue weighted by Gasteiger charge is 2.40. The number of benzene rings is 1. The number of carbonyl (C=O) groups excluding carboxylic acids is 3. The van der Waals surface area contributed by atoms with E-state index in [1.807, 2.05) is 13.8 Å². The number of esters is 1. The van der Waals surface area contributed by atoms with Crippen LogP contribution >= 0.6 is 0 Å². The molecule has 3 rings (SSSR count). The van der Waals surface area contributed by atoms with Gasteiger partial charge in [0.1, 0.15) is 0 Å². The first-order valence-corrected chi connectivity index (χ1v) is 9.98. The number of ketones is 1. The van der Waals surface area contributed by atoms with E-state index < -0.39 is 6.10 Å². The Labute approximate surface area is 160 Å². The van der Waals surface area contributed by atoms with Gasteiger partial charge in [0.15, 0.2) is 6.10 Å². The summed E-state index contributed by atoms with van der Waals surface area (Å²) in [5, 5.41) is 2.79. The molecule has 5 heteroatoms. The van der Waals surface area contributed by atoms with Gasteiger partial charge in [0.05, 0.1) is 0 Å². The van der Waals surface area contributed by atoms with Crippen molar-refractivity contribution in [1.82, 2.24) is 0 Å². The molecule has 4 unspecified atom stereocenters. The summed E-state index contributed by atoms with van der Waals surface area (Å²) in [6.07, 6.45) is 4.55. The van der Waals surface area contributed by atoms with E-state index >= 15 is 0 Å². The number of nitrogens with one attached hydrogen (secondary N) is 1. The van der Waals surface area contributed by atoms with Crippen LogP contribution in [-0.2, 0) is 14.3 Å². The maximum absolute atomic E-state index is 12.5. The molecule has 0 radical (unpaired) electrons. The van der Waals surface area contributed by atoms with Crippen molar-refractivity contribution in [1.29, 1.82) is 0 Å². The van der Waals surface area contributed by atoms with Crippen LogP contribution in [0.15, 0.2) is 24.3 Å². The molecule has 1 aromatic carbocycles. The monoisotopic (exact) mass is 371 g/mol. The zero-order valence-electron chi connectivity index (χ0n) is 16.4. The summed E-state index contributed by atoms with van der Waals surface area (Å²) in [6, 6.07) is 6.69. The highest BCUT2D eigenvalue weighted by Crippen LogP contribution is 2.49. The fourth-order valence-electron chi connectivity index (χ4n) is 4.38. The maximum atomic E-state index is 12.5. The van der Waals surface area contributed by atoms with Gasteiger partial charge in [-0.1, -0.05) is 20.3 Å². The molecular formula is C22H29NO4. The van der Waals surface area contributed by atoms with Crippen molar-refractivity contribution in [2.75, 3.05) is 5.32 Å². The quantitative estimate of drug-likeness (QED) is 0.575. The normalized spacial score (nSPS) is 24.7. The Balaban J connectivity index is 1.50. The van der Waals surface area contributed by atoms with Crippen molar-refractivity contribution in [3.63, 3.8) is 0 Å². The molecule has 2 aliphatic rings. The van der Waals surface area contributed by atoms with Gasteiger partial charge in [-0.25, -0.2) is 0 Å². The molecule has 1 aromatic rings. The van der Waals surface area contributed by atoms with Gasteiger partial charge in [0.25, 0.3) is 0 Å². The second-order valence-corrected chi connectivity index (χ2v) is 8.36. The molecule has 146 valence electrons. The van der Waals surface area contributed by atoms with Crippen LogP contribution in [0.3, 0.4) is 0 Å². The summed E-state index contributed by atoms with van der Waals surface area (Å²) in [4.78, 5) is 36.5. The third kappa shape index (κ3) is 4.76. The lowest BCUT2D eigenvalue weighted by molar-refractivity contribution is -0.147. The second-order valence-electron chi connectivity index (χ2n) is 8.36. The van der Waals surface area contributed by atoms with Crippen LogP contribution in [0, 0.1) is 23.7 Å². The largest absolute Gasteiger partial charge is 0.454 e. The van der Waals surface area contributed by atoms with Crippen LogP contribution in [-0.4, -0.2) is 23.8 Å². The number of anilines is 1. The fraction of sp³-hybridized carbons (Fsp3) is 0.591. The number of rotatable bonds is 7. The van der Waals surface area contributed by atoms with Gasteiger partial charge in [0, 0.05) is 23.6 Å². The van der Waals surface area contributed by atoms with E-state index in [1.165, 1.54) is 19.3 Å². The number of hydrogen-bond acceptors (Lipinski definition) is 4. The Bertz CT molecular complexity index is 710. The molecule has 27 heavy (non-hydrogen) atoms. The summed E-state index contributed by atoms with van der Waals surface area (Å²) in [6.45, 7) is 5.26. The molecule has 0 aliphatic heterocycles. The Morgan fingerprint density at radius 3 is 2.33 bits per heavy atom. The van der Waals surface area contributed by atoms with Crippen LogP contribution in [0.5, 0.6) is 0 Å². The third-order valence-corrected chi connectivity index (χ3v) is 5.95. The minimum Gasteiger partial charge on any atom is -0.454 e. The number of hydrogen-bond donors (Lipinski definition) is 1. The lowest BCUT2D eigenvalue weighted by Gasteiger charge is -2.21. The van der Waals surface area contributed by atoms with Crippen LogP contribution in [0.25, 0.3) is 0 Å². The van der Waals surface area contributed by atoms with E-state index in [1.54, 1.807) is 31.2 Å². The van der Waals surface area contributed by atoms with E-state index in [0.29, 0.717) is 29.5 Å². The summed E-state index contributed by atoms with van der Waals surface area (Å²) in [5.41, 5.74) is 1.11. The lowest BCUT2D eigenvalue weighted by Crippen LogP contribution is -2.26. The molecule has 2 bridgehead atoms. The highest BCUT2D eigenvalue weighted by atomic mass is 16.5. The Hall–Kier alpha value is -2.17. The topological polar surface area (TPSA) is 72.5 Å². The van der Waals surface area contributed by atoms with E-state index in [0.717, 1.165) is 12.3 Å². The number of Topliss-reactive ketones (excluding diaryl/α,β-unsaturated/α-hetero) is 1. The van der Waals surface area contributed by atoms with Crippen molar-refractivity contribution in [2.24, 2.45) is 23.7 Å². The second kappa shape index (κ2) is 8.24. The molecule has 2 fully saturated rings. The van der Waals surface area contributed by atoms with Crippen LogP contribution in [0.4, 0.5) is 5.69 Å². The number of fused-ring (bicyclic) bond motifs is 2. The predicted molar refractivity (Wildman–Crippen MR) is 103 cm³/mol. The van der Waals surface area contributed by atoms with Crippen LogP contribution in [0.1, 0.15) is 63.2 Å². The average molecular weight is 371 g/mol. The van der Waals surface area contributed by atoms with Gasteiger partial charge in [-0.2, -0.15) is 0 Å². The molecule has 1 N–H and O–H groups in total. The summed E-state index contributed by atoms with van der Waals surface area (Å²) in [5.74, 6) is 1.22. The molecule has 1 amide bonds. The smallest absolute Gasteiger partial charge is 0.306 e. The molecular weight excluding hydrogens is 342 g/mol. The third-order valence-electron chi connectivity index (χ3n) is 5.95. The van der Waals surface area contributed by atoms with Crippen molar-refractivity contribution >= 4 is 23.3 Å². The molecule has 0 aromatic heterocycles. The maximum Gasteiger partial charge on any atom is 0.306 e. The van der Waals surface area contributed by atoms with Crippen molar-refractivity contribution < 1.29 is 19.1 Å². The molecule has 0 heterocycles. The Kier molecular flexibility index (Phi) is 5.98. The first-order chi connectivity index (χ1) is 12.8. The number of ether oxygens (including phenoxy) is 1. The molecule has 0 spiro atoms. The number of amides is 1. The average Bonchev–Trinajstić information content (AvgIpc) is 3.24. The van der Waals surface area contributed by atoms with Crippen molar-refractivity contribution in [3.05, 3.63) is 29.8 Å². The van der Waals surface area contributed by atoms with Gasteiger partial charge in [-0.15, -0.1) is 0 Å². The van der Waals surface area contributed by atoms with Crippen molar-refractivity contribution in [3.8, 4) is 0 Å². The van der Waals surface area contributed by atoms with Gasteiger partial charge in [-0.05, 0) is 68.2 Å². The molecule has 4 atom stereocenters. The minimum absolute atomic E-state index is 0.0722. The molecule has 2 saturated carbocycles. The SMILES string of the molecule is CC(C)C(=O)Nc1ccc(C(=O)C(C)OC(=O)CC2CC3CCC2C3)cc1. The summed E-state index contributed by atoms with van der Waals surface area (Å²) < 4.78 is 5.40. The first kappa shape index (κ1) is 19.6. The minimum atomic E-state index is -0.799. The van der Waals surface area contributed by atoms with Gasteiger partial charge >= 0.3 is 5.97 Å². The summed E-state index contributed by atoms with van der Waals surface area (Å²) >= 11 is 0. The van der Waals surface area contributed by atoms with E-state index in [4.69, 9.17) is 4.74 Å². The fourth-order valence-corrected chi connectivity index (χ4v) is 4.38. The van der Waals surface area contributed by atoms with Gasteiger partial charge in [-0.3, -0.25) is 14.4 Å². The molecule has 0 saturated heterocycles. The predicted octanol–water partition coefficient (Wildman–Crippen LogP) is 4.22. The molecule has 5 nitrogen and oxygen atoms in total. The zero-order valence-corrected chi connectivity index (χ0v) is 16.4. The first-order valence-electron chi connectivity index (χ1n) is 9.98. The molecule has 2 aliphatic carbocycles. The van der Waals surface area contributed by atoms with Gasteiger partial charge < -0.3 is 10.1 Å². The van der Waals surface area contributed by atoms with Crippen LogP contribution in [0.2, 0.25) is 0 Å².